The zero-order valence-corrected chi connectivity index (χ0v) is 16.4. The quantitative estimate of drug-likeness (QED) is 0.894. The van der Waals surface area contributed by atoms with Gasteiger partial charge in [0.1, 0.15) is 0 Å². The van der Waals surface area contributed by atoms with Crippen LogP contribution in [0.1, 0.15) is 31.1 Å². The number of fused-ring (bicyclic) bond motifs is 1. The summed E-state index contributed by atoms with van der Waals surface area (Å²) in [6.07, 6.45) is -0.397. The summed E-state index contributed by atoms with van der Waals surface area (Å²) in [7, 11) is 0.311. The van der Waals surface area contributed by atoms with Crippen LogP contribution < -0.4 is 4.90 Å². The van der Waals surface area contributed by atoms with E-state index in [2.05, 4.69) is 0 Å². The van der Waals surface area contributed by atoms with Gasteiger partial charge in [0.25, 0.3) is 0 Å². The second-order valence-electron chi connectivity index (χ2n) is 7.24. The van der Waals surface area contributed by atoms with Crippen molar-refractivity contribution in [3.05, 3.63) is 59.7 Å². The maximum Gasteiger partial charge on any atom is 0.244 e. The van der Waals surface area contributed by atoms with Crippen LogP contribution >= 0.6 is 0 Å². The molecule has 1 aliphatic rings. The van der Waals surface area contributed by atoms with E-state index in [1.807, 2.05) is 57.1 Å². The Bertz CT molecular complexity index is 876. The molecule has 5 nitrogen and oxygen atoms in total. The van der Waals surface area contributed by atoms with Crippen LogP contribution in [0, 0.1) is 0 Å². The van der Waals surface area contributed by atoms with Gasteiger partial charge in [-0.05, 0) is 44.0 Å². The molecular formula is C20H26N2O3S. The van der Waals surface area contributed by atoms with Crippen molar-refractivity contribution >= 4 is 15.7 Å². The Labute approximate surface area is 155 Å². The average molecular weight is 375 g/mol. The fourth-order valence-corrected chi connectivity index (χ4v) is 5.70. The molecule has 140 valence electrons. The Morgan fingerprint density at radius 2 is 1.69 bits per heavy atom. The SMILES string of the molecule is CC(C)N1[C@H](Cc2ccc(N(C)C)cc2)[C@@H](O)c2ccccc2S1(=O)=O. The maximum absolute atomic E-state index is 13.1. The van der Waals surface area contributed by atoms with E-state index >= 15 is 0 Å². The Kier molecular flexibility index (Phi) is 5.10. The minimum absolute atomic E-state index is 0.209. The van der Waals surface area contributed by atoms with E-state index in [-0.39, 0.29) is 10.9 Å². The monoisotopic (exact) mass is 374 g/mol. The van der Waals surface area contributed by atoms with Crippen LogP contribution in [0.25, 0.3) is 0 Å². The third-order valence-electron chi connectivity index (χ3n) is 4.89. The van der Waals surface area contributed by atoms with Gasteiger partial charge in [-0.3, -0.25) is 0 Å². The fourth-order valence-electron chi connectivity index (χ4n) is 3.63. The number of anilines is 1. The molecule has 0 amide bonds. The van der Waals surface area contributed by atoms with Crippen LogP contribution in [0.5, 0.6) is 0 Å². The molecule has 1 heterocycles. The first-order valence-electron chi connectivity index (χ1n) is 8.80. The van der Waals surface area contributed by atoms with Crippen molar-refractivity contribution in [1.29, 1.82) is 0 Å². The summed E-state index contributed by atoms with van der Waals surface area (Å²) in [5.41, 5.74) is 2.57. The zero-order chi connectivity index (χ0) is 19.1. The summed E-state index contributed by atoms with van der Waals surface area (Å²) in [4.78, 5) is 2.22. The molecule has 6 heteroatoms. The number of aliphatic hydroxyl groups is 1. The Hall–Kier alpha value is -1.89. The molecule has 0 radical (unpaired) electrons. The summed E-state index contributed by atoms with van der Waals surface area (Å²) >= 11 is 0. The number of hydrogen-bond acceptors (Lipinski definition) is 4. The molecule has 2 atom stereocenters. The molecule has 2 aromatic carbocycles. The number of aliphatic hydroxyl groups excluding tert-OH is 1. The Morgan fingerprint density at radius 3 is 2.27 bits per heavy atom. The lowest BCUT2D eigenvalue weighted by molar-refractivity contribution is 0.0685. The van der Waals surface area contributed by atoms with Gasteiger partial charge in [-0.1, -0.05) is 30.3 Å². The first-order valence-corrected chi connectivity index (χ1v) is 10.2. The standard InChI is InChI=1S/C20H26N2O3S/c1-14(2)22-18(13-15-9-11-16(12-10-15)21(3)4)20(23)17-7-5-6-8-19(17)26(22,24)25/h5-12,14,18,20,23H,13H2,1-4H3/t18-,20+/m1/s1. The van der Waals surface area contributed by atoms with Crippen LogP contribution in [0.3, 0.4) is 0 Å². The van der Waals surface area contributed by atoms with E-state index in [1.165, 1.54) is 4.31 Å². The van der Waals surface area contributed by atoms with Crippen molar-refractivity contribution in [3.63, 3.8) is 0 Å². The lowest BCUT2D eigenvalue weighted by atomic mass is 9.95. The Balaban J connectivity index is 2.02. The minimum atomic E-state index is -3.64. The maximum atomic E-state index is 13.1. The highest BCUT2D eigenvalue weighted by Gasteiger charge is 2.44. The van der Waals surface area contributed by atoms with Crippen molar-refractivity contribution in [2.24, 2.45) is 0 Å². The molecule has 0 aliphatic carbocycles. The summed E-state index contributed by atoms with van der Waals surface area (Å²) in [5.74, 6) is 0. The molecule has 0 bridgehead atoms. The van der Waals surface area contributed by atoms with Crippen LogP contribution in [0.15, 0.2) is 53.4 Å². The second-order valence-corrected chi connectivity index (χ2v) is 9.06. The largest absolute Gasteiger partial charge is 0.387 e. The van der Waals surface area contributed by atoms with Crippen LogP contribution in [-0.2, 0) is 16.4 Å². The fraction of sp³-hybridized carbons (Fsp3) is 0.400. The topological polar surface area (TPSA) is 60.9 Å². The highest BCUT2D eigenvalue weighted by Crippen LogP contribution is 2.39. The predicted molar refractivity (Wildman–Crippen MR) is 104 cm³/mol. The minimum Gasteiger partial charge on any atom is -0.387 e. The second kappa shape index (κ2) is 7.02. The Morgan fingerprint density at radius 1 is 1.08 bits per heavy atom. The van der Waals surface area contributed by atoms with Gasteiger partial charge in [0, 0.05) is 31.4 Å². The zero-order valence-electron chi connectivity index (χ0n) is 15.6. The number of sulfonamides is 1. The van der Waals surface area contributed by atoms with Gasteiger partial charge in [0.15, 0.2) is 0 Å². The van der Waals surface area contributed by atoms with E-state index in [4.69, 9.17) is 0 Å². The molecule has 2 aromatic rings. The van der Waals surface area contributed by atoms with Crippen molar-refractivity contribution in [1.82, 2.24) is 4.31 Å². The highest BCUT2D eigenvalue weighted by atomic mass is 32.2. The predicted octanol–water partition coefficient (Wildman–Crippen LogP) is 2.81. The third kappa shape index (κ3) is 3.24. The molecule has 0 saturated heterocycles. The molecular weight excluding hydrogens is 348 g/mol. The third-order valence-corrected chi connectivity index (χ3v) is 7.07. The van der Waals surface area contributed by atoms with Gasteiger partial charge in [0.05, 0.1) is 17.0 Å². The van der Waals surface area contributed by atoms with Crippen molar-refractivity contribution < 1.29 is 13.5 Å². The summed E-state index contributed by atoms with van der Waals surface area (Å²) in [6.45, 7) is 3.70. The number of nitrogens with zero attached hydrogens (tertiary/aromatic N) is 2. The molecule has 0 aromatic heterocycles. The van der Waals surface area contributed by atoms with E-state index < -0.39 is 22.2 Å². The lowest BCUT2D eigenvalue weighted by Gasteiger charge is -2.41. The smallest absolute Gasteiger partial charge is 0.244 e. The molecule has 0 saturated carbocycles. The number of rotatable bonds is 4. The highest BCUT2D eigenvalue weighted by molar-refractivity contribution is 7.89. The van der Waals surface area contributed by atoms with Crippen molar-refractivity contribution in [3.8, 4) is 0 Å². The van der Waals surface area contributed by atoms with E-state index in [0.717, 1.165) is 11.3 Å². The lowest BCUT2D eigenvalue weighted by Crippen LogP contribution is -2.52. The summed E-state index contributed by atoms with van der Waals surface area (Å²) in [6, 6.07) is 14.0. The molecule has 3 rings (SSSR count). The van der Waals surface area contributed by atoms with Crippen LogP contribution in [0.4, 0.5) is 5.69 Å². The molecule has 0 unspecified atom stereocenters. The normalized spacial score (nSPS) is 22.2. The molecule has 0 fully saturated rings. The van der Waals surface area contributed by atoms with E-state index in [0.29, 0.717) is 12.0 Å². The van der Waals surface area contributed by atoms with Gasteiger partial charge >= 0.3 is 0 Å². The molecule has 0 spiro atoms. The number of hydrogen-bond donors (Lipinski definition) is 1. The molecule has 26 heavy (non-hydrogen) atoms. The van der Waals surface area contributed by atoms with Crippen LogP contribution in [0.2, 0.25) is 0 Å². The molecule has 1 N–H and O–H groups in total. The first-order chi connectivity index (χ1) is 12.2. The average Bonchev–Trinajstić information content (AvgIpc) is 2.59. The molecule has 1 aliphatic heterocycles. The van der Waals surface area contributed by atoms with Crippen molar-refractivity contribution in [2.75, 3.05) is 19.0 Å². The van der Waals surface area contributed by atoms with Gasteiger partial charge in [-0.2, -0.15) is 4.31 Å². The van der Waals surface area contributed by atoms with Crippen molar-refractivity contribution in [2.45, 2.75) is 43.4 Å². The number of benzene rings is 2. The van der Waals surface area contributed by atoms with E-state index in [1.54, 1.807) is 24.3 Å². The van der Waals surface area contributed by atoms with Gasteiger partial charge in [0.2, 0.25) is 10.0 Å². The summed E-state index contributed by atoms with van der Waals surface area (Å²) in [5, 5.41) is 11.0. The first kappa shape index (κ1) is 18.9. The van der Waals surface area contributed by atoms with Gasteiger partial charge < -0.3 is 10.0 Å². The van der Waals surface area contributed by atoms with E-state index in [9.17, 15) is 13.5 Å². The summed E-state index contributed by atoms with van der Waals surface area (Å²) < 4.78 is 27.7. The van der Waals surface area contributed by atoms with Crippen LogP contribution in [-0.4, -0.2) is 44.0 Å². The van der Waals surface area contributed by atoms with Gasteiger partial charge in [-0.25, -0.2) is 8.42 Å². The van der Waals surface area contributed by atoms with Gasteiger partial charge in [-0.15, -0.1) is 0 Å².